The maximum absolute atomic E-state index is 11.2. The lowest BCUT2D eigenvalue weighted by Gasteiger charge is -2.26. The van der Waals surface area contributed by atoms with E-state index in [0.29, 0.717) is 0 Å². The quantitative estimate of drug-likeness (QED) is 0.616. The molecule has 1 unspecified atom stereocenters. The second-order valence-corrected chi connectivity index (χ2v) is 4.66. The van der Waals surface area contributed by atoms with Gasteiger partial charge in [0.1, 0.15) is 0 Å². The molecule has 0 aromatic carbocycles. The van der Waals surface area contributed by atoms with Crippen molar-refractivity contribution < 1.29 is 14.6 Å². The van der Waals surface area contributed by atoms with E-state index in [1.807, 2.05) is 26.0 Å². The molecule has 0 rings (SSSR count). The number of esters is 1. The second kappa shape index (κ2) is 6.83. The van der Waals surface area contributed by atoms with Gasteiger partial charge in [-0.2, -0.15) is 0 Å². The van der Waals surface area contributed by atoms with E-state index in [2.05, 4.69) is 9.64 Å². The van der Waals surface area contributed by atoms with Crippen LogP contribution < -0.4 is 0 Å². The van der Waals surface area contributed by atoms with E-state index in [9.17, 15) is 9.90 Å². The van der Waals surface area contributed by atoms with Crippen LogP contribution >= 0.6 is 0 Å². The van der Waals surface area contributed by atoms with Crippen molar-refractivity contribution in [2.24, 2.45) is 0 Å². The lowest BCUT2D eigenvalue weighted by atomic mass is 10.1. The standard InChI is InChI=1S/C11H24N2O3/c1-11(15,10(14)16-5)9-13(4)8-6-7-12(2)3/h15H,6-9H2,1-5H3. The van der Waals surface area contributed by atoms with Gasteiger partial charge in [0.05, 0.1) is 7.11 Å². The highest BCUT2D eigenvalue weighted by atomic mass is 16.5. The van der Waals surface area contributed by atoms with Crippen LogP contribution in [0, 0.1) is 0 Å². The predicted molar refractivity (Wildman–Crippen MR) is 63.3 cm³/mol. The van der Waals surface area contributed by atoms with Gasteiger partial charge in [0.2, 0.25) is 0 Å². The number of hydrogen-bond donors (Lipinski definition) is 1. The molecule has 5 nitrogen and oxygen atoms in total. The molecule has 16 heavy (non-hydrogen) atoms. The summed E-state index contributed by atoms with van der Waals surface area (Å²) in [5.74, 6) is -0.591. The highest BCUT2D eigenvalue weighted by Gasteiger charge is 2.32. The predicted octanol–water partition coefficient (Wildman–Crippen LogP) is -0.206. The zero-order valence-corrected chi connectivity index (χ0v) is 11.0. The molecule has 0 aliphatic heterocycles. The summed E-state index contributed by atoms with van der Waals surface area (Å²) in [6.45, 7) is 3.59. The van der Waals surface area contributed by atoms with E-state index in [0.717, 1.165) is 19.5 Å². The summed E-state index contributed by atoms with van der Waals surface area (Å²) in [6.07, 6.45) is 1.00. The summed E-state index contributed by atoms with van der Waals surface area (Å²) in [7, 11) is 7.20. The van der Waals surface area contributed by atoms with Crippen molar-refractivity contribution in [3.05, 3.63) is 0 Å². The molecule has 0 aliphatic rings. The topological polar surface area (TPSA) is 53.0 Å². The third-order valence-corrected chi connectivity index (χ3v) is 2.35. The average molecular weight is 232 g/mol. The molecule has 0 amide bonds. The van der Waals surface area contributed by atoms with Gasteiger partial charge in [-0.05, 0) is 47.6 Å². The number of carbonyl (C=O) groups excluding carboxylic acids is 1. The van der Waals surface area contributed by atoms with Crippen LogP contribution in [0.1, 0.15) is 13.3 Å². The molecule has 0 fully saturated rings. The van der Waals surface area contributed by atoms with E-state index < -0.39 is 11.6 Å². The molecule has 96 valence electrons. The molecular weight excluding hydrogens is 208 g/mol. The van der Waals surface area contributed by atoms with Crippen molar-refractivity contribution in [1.82, 2.24) is 9.80 Å². The fraction of sp³-hybridized carbons (Fsp3) is 0.909. The molecule has 5 heteroatoms. The molecule has 0 aromatic rings. The molecular formula is C11H24N2O3. The van der Waals surface area contributed by atoms with Gasteiger partial charge in [-0.1, -0.05) is 0 Å². The number of methoxy groups -OCH3 is 1. The Morgan fingerprint density at radius 2 is 1.88 bits per heavy atom. The number of likely N-dealkylation sites (N-methyl/N-ethyl adjacent to an activating group) is 1. The smallest absolute Gasteiger partial charge is 0.338 e. The minimum atomic E-state index is -1.43. The van der Waals surface area contributed by atoms with Gasteiger partial charge in [-0.25, -0.2) is 4.79 Å². The van der Waals surface area contributed by atoms with Crippen LogP contribution in [-0.2, 0) is 9.53 Å². The van der Waals surface area contributed by atoms with Crippen molar-refractivity contribution in [2.45, 2.75) is 18.9 Å². The van der Waals surface area contributed by atoms with Gasteiger partial charge >= 0.3 is 5.97 Å². The summed E-state index contributed by atoms with van der Waals surface area (Å²) in [4.78, 5) is 15.3. The average Bonchev–Trinajstić information content (AvgIpc) is 2.14. The third kappa shape index (κ3) is 6.05. The van der Waals surface area contributed by atoms with Crippen molar-refractivity contribution in [2.75, 3.05) is 47.9 Å². The van der Waals surface area contributed by atoms with E-state index in [4.69, 9.17) is 0 Å². The number of nitrogens with zero attached hydrogens (tertiary/aromatic N) is 2. The second-order valence-electron chi connectivity index (χ2n) is 4.66. The molecule has 0 spiro atoms. The van der Waals surface area contributed by atoms with Gasteiger partial charge in [-0.15, -0.1) is 0 Å². The van der Waals surface area contributed by atoms with Crippen LogP contribution in [0.25, 0.3) is 0 Å². The van der Waals surface area contributed by atoms with Crippen LogP contribution in [-0.4, -0.2) is 74.4 Å². The molecule has 0 aromatic heterocycles. The Labute approximate surface area is 98.0 Å². The normalized spacial score (nSPS) is 15.2. The first-order chi connectivity index (χ1) is 7.29. The Morgan fingerprint density at radius 3 is 2.31 bits per heavy atom. The summed E-state index contributed by atoms with van der Waals surface area (Å²) in [6, 6.07) is 0. The van der Waals surface area contributed by atoms with Crippen LogP contribution in [0.5, 0.6) is 0 Å². The minimum absolute atomic E-state index is 0.285. The first-order valence-electron chi connectivity index (χ1n) is 5.43. The number of aliphatic hydroxyl groups is 1. The van der Waals surface area contributed by atoms with Crippen molar-refractivity contribution in [1.29, 1.82) is 0 Å². The number of rotatable bonds is 7. The largest absolute Gasteiger partial charge is 0.467 e. The zero-order valence-electron chi connectivity index (χ0n) is 11.0. The molecule has 0 bridgehead atoms. The van der Waals surface area contributed by atoms with Gasteiger partial charge in [0, 0.05) is 6.54 Å². The molecule has 0 saturated carbocycles. The van der Waals surface area contributed by atoms with Gasteiger partial charge in [0.15, 0.2) is 5.60 Å². The van der Waals surface area contributed by atoms with Crippen molar-refractivity contribution in [3.8, 4) is 0 Å². The van der Waals surface area contributed by atoms with Crippen molar-refractivity contribution >= 4 is 5.97 Å². The van der Waals surface area contributed by atoms with E-state index in [1.54, 1.807) is 0 Å². The highest BCUT2D eigenvalue weighted by molar-refractivity contribution is 5.78. The minimum Gasteiger partial charge on any atom is -0.467 e. The third-order valence-electron chi connectivity index (χ3n) is 2.35. The Bertz CT molecular complexity index is 217. The van der Waals surface area contributed by atoms with Crippen LogP contribution in [0.4, 0.5) is 0 Å². The molecule has 0 saturated heterocycles. The Kier molecular flexibility index (Phi) is 6.55. The summed E-state index contributed by atoms with van der Waals surface area (Å²) in [5, 5.41) is 9.84. The molecule has 0 heterocycles. The fourth-order valence-electron chi connectivity index (χ4n) is 1.55. The van der Waals surface area contributed by atoms with Gasteiger partial charge < -0.3 is 19.6 Å². The van der Waals surface area contributed by atoms with Crippen molar-refractivity contribution in [3.63, 3.8) is 0 Å². The lowest BCUT2D eigenvalue weighted by Crippen LogP contribution is -2.46. The number of carbonyl (C=O) groups is 1. The van der Waals surface area contributed by atoms with Crippen LogP contribution in [0.15, 0.2) is 0 Å². The SMILES string of the molecule is COC(=O)C(C)(O)CN(C)CCCN(C)C. The number of hydrogen-bond acceptors (Lipinski definition) is 5. The Morgan fingerprint density at radius 1 is 1.31 bits per heavy atom. The number of ether oxygens (including phenoxy) is 1. The monoisotopic (exact) mass is 232 g/mol. The zero-order chi connectivity index (χ0) is 12.8. The maximum Gasteiger partial charge on any atom is 0.338 e. The Balaban J connectivity index is 3.94. The summed E-state index contributed by atoms with van der Waals surface area (Å²) < 4.78 is 4.53. The van der Waals surface area contributed by atoms with Gasteiger partial charge in [-0.3, -0.25) is 0 Å². The lowest BCUT2D eigenvalue weighted by molar-refractivity contribution is -0.162. The molecule has 0 radical (unpaired) electrons. The van der Waals surface area contributed by atoms with Crippen LogP contribution in [0.2, 0.25) is 0 Å². The molecule has 1 atom stereocenters. The highest BCUT2D eigenvalue weighted by Crippen LogP contribution is 2.07. The first-order valence-corrected chi connectivity index (χ1v) is 5.43. The van der Waals surface area contributed by atoms with E-state index >= 15 is 0 Å². The first kappa shape index (κ1) is 15.3. The summed E-state index contributed by atoms with van der Waals surface area (Å²) in [5.41, 5.74) is -1.43. The molecule has 0 aliphatic carbocycles. The maximum atomic E-state index is 11.2. The van der Waals surface area contributed by atoms with E-state index in [-0.39, 0.29) is 6.54 Å². The Hall–Kier alpha value is -0.650. The fourth-order valence-corrected chi connectivity index (χ4v) is 1.55. The molecule has 1 N–H and O–H groups in total. The summed E-state index contributed by atoms with van der Waals surface area (Å²) >= 11 is 0. The van der Waals surface area contributed by atoms with E-state index in [1.165, 1.54) is 14.0 Å². The van der Waals surface area contributed by atoms with Gasteiger partial charge in [0.25, 0.3) is 0 Å². The van der Waals surface area contributed by atoms with Crippen LogP contribution in [0.3, 0.4) is 0 Å².